The number of urea groups is 1. The molecular formula is C22H32N4O4. The Labute approximate surface area is 178 Å². The van der Waals surface area contributed by atoms with Crippen LogP contribution >= 0.6 is 0 Å². The van der Waals surface area contributed by atoms with Gasteiger partial charge < -0.3 is 19.8 Å². The Balaban J connectivity index is 1.90. The standard InChI is InChI=1S/C22H32N4O4/c1-23(2)18(27)14-26-20(30)25(15-19(28)29)16-21(26)10-12-22(13-11-21,24(3)4)17-8-6-5-7-9-17/h5-9H,10-16H2,1-4H3,(H,28,29). The zero-order valence-corrected chi connectivity index (χ0v) is 18.3. The molecule has 0 aromatic heterocycles. The lowest BCUT2D eigenvalue weighted by atomic mass is 9.68. The van der Waals surface area contributed by atoms with E-state index in [0.29, 0.717) is 19.4 Å². The Bertz CT molecular complexity index is 801. The molecule has 1 heterocycles. The molecule has 1 aromatic carbocycles. The predicted molar refractivity (Wildman–Crippen MR) is 113 cm³/mol. The van der Waals surface area contributed by atoms with E-state index in [1.54, 1.807) is 19.0 Å². The third kappa shape index (κ3) is 3.88. The Morgan fingerprint density at radius 2 is 1.60 bits per heavy atom. The lowest BCUT2D eigenvalue weighted by Gasteiger charge is -2.51. The van der Waals surface area contributed by atoms with E-state index < -0.39 is 11.5 Å². The van der Waals surface area contributed by atoms with Crippen LogP contribution in [0.4, 0.5) is 4.79 Å². The molecule has 1 saturated carbocycles. The Kier molecular flexibility index (Phi) is 6.08. The normalized spacial score (nSPS) is 26.5. The lowest BCUT2D eigenvalue weighted by Crippen LogP contribution is -2.57. The second-order valence-electron chi connectivity index (χ2n) is 8.92. The van der Waals surface area contributed by atoms with E-state index in [-0.39, 0.29) is 30.6 Å². The van der Waals surface area contributed by atoms with Gasteiger partial charge in [0.15, 0.2) is 0 Å². The first-order chi connectivity index (χ1) is 14.1. The summed E-state index contributed by atoms with van der Waals surface area (Å²) in [7, 11) is 7.49. The molecule has 1 aliphatic carbocycles. The molecule has 0 radical (unpaired) electrons. The highest BCUT2D eigenvalue weighted by atomic mass is 16.4. The molecule has 0 bridgehead atoms. The van der Waals surface area contributed by atoms with E-state index >= 15 is 0 Å². The van der Waals surface area contributed by atoms with E-state index in [9.17, 15) is 19.5 Å². The number of carboxylic acid groups (broad SMARTS) is 1. The maximum Gasteiger partial charge on any atom is 0.323 e. The summed E-state index contributed by atoms with van der Waals surface area (Å²) in [4.78, 5) is 43.5. The number of carboxylic acids is 1. The number of carbonyl (C=O) groups is 3. The van der Waals surface area contributed by atoms with Crippen LogP contribution in [-0.4, -0.2) is 96.0 Å². The predicted octanol–water partition coefficient (Wildman–Crippen LogP) is 1.67. The number of amides is 3. The molecule has 8 nitrogen and oxygen atoms in total. The van der Waals surface area contributed by atoms with Gasteiger partial charge in [-0.05, 0) is 45.3 Å². The number of rotatable bonds is 6. The number of carbonyl (C=O) groups excluding carboxylic acids is 2. The first kappa shape index (κ1) is 22.1. The van der Waals surface area contributed by atoms with Gasteiger partial charge in [0, 0.05) is 26.2 Å². The maximum absolute atomic E-state index is 13.0. The van der Waals surface area contributed by atoms with Crippen LogP contribution in [-0.2, 0) is 15.1 Å². The fraction of sp³-hybridized carbons (Fsp3) is 0.591. The van der Waals surface area contributed by atoms with Gasteiger partial charge in [-0.15, -0.1) is 0 Å². The highest BCUT2D eigenvalue weighted by Crippen LogP contribution is 2.48. The highest BCUT2D eigenvalue weighted by Gasteiger charge is 2.55. The molecule has 2 fully saturated rings. The van der Waals surface area contributed by atoms with Crippen molar-refractivity contribution in [2.75, 3.05) is 47.8 Å². The largest absolute Gasteiger partial charge is 0.480 e. The summed E-state index contributed by atoms with van der Waals surface area (Å²) in [5, 5.41) is 9.25. The minimum atomic E-state index is -1.04. The number of benzene rings is 1. The van der Waals surface area contributed by atoms with Crippen LogP contribution in [0.5, 0.6) is 0 Å². The fourth-order valence-electron chi connectivity index (χ4n) is 4.98. The summed E-state index contributed by atoms with van der Waals surface area (Å²) in [5.41, 5.74) is 0.576. The van der Waals surface area contributed by atoms with Crippen molar-refractivity contribution < 1.29 is 19.5 Å². The molecular weight excluding hydrogens is 384 g/mol. The smallest absolute Gasteiger partial charge is 0.323 e. The van der Waals surface area contributed by atoms with Gasteiger partial charge in [-0.2, -0.15) is 0 Å². The van der Waals surface area contributed by atoms with Gasteiger partial charge in [-0.3, -0.25) is 14.5 Å². The van der Waals surface area contributed by atoms with Gasteiger partial charge in [0.1, 0.15) is 13.1 Å². The average molecular weight is 417 g/mol. The summed E-state index contributed by atoms with van der Waals surface area (Å²) in [6.45, 7) is -0.0237. The van der Waals surface area contributed by atoms with Crippen LogP contribution in [0.25, 0.3) is 0 Å². The van der Waals surface area contributed by atoms with Crippen molar-refractivity contribution in [3.05, 3.63) is 35.9 Å². The Hall–Kier alpha value is -2.61. The molecule has 1 saturated heterocycles. The van der Waals surface area contributed by atoms with Crippen LogP contribution in [0.3, 0.4) is 0 Å². The SMILES string of the molecule is CN(C)C(=O)CN1C(=O)N(CC(=O)O)CC12CCC(c1ccccc1)(N(C)C)CC2. The number of nitrogens with zero attached hydrogens (tertiary/aromatic N) is 4. The van der Waals surface area contributed by atoms with E-state index in [1.165, 1.54) is 15.4 Å². The topological polar surface area (TPSA) is 84.4 Å². The van der Waals surface area contributed by atoms with E-state index in [2.05, 4.69) is 31.1 Å². The van der Waals surface area contributed by atoms with E-state index in [1.807, 2.05) is 18.2 Å². The summed E-state index contributed by atoms with van der Waals surface area (Å²) in [6, 6.07) is 10.0. The summed E-state index contributed by atoms with van der Waals surface area (Å²) >= 11 is 0. The van der Waals surface area contributed by atoms with Gasteiger partial charge in [0.05, 0.1) is 5.54 Å². The molecule has 3 amide bonds. The first-order valence-electron chi connectivity index (χ1n) is 10.3. The molecule has 1 aliphatic heterocycles. The van der Waals surface area contributed by atoms with Gasteiger partial charge >= 0.3 is 12.0 Å². The molecule has 30 heavy (non-hydrogen) atoms. The zero-order valence-electron chi connectivity index (χ0n) is 18.3. The van der Waals surface area contributed by atoms with Crippen molar-refractivity contribution >= 4 is 17.9 Å². The molecule has 1 aromatic rings. The highest BCUT2D eigenvalue weighted by molar-refractivity contribution is 5.87. The van der Waals surface area contributed by atoms with Crippen molar-refractivity contribution in [3.63, 3.8) is 0 Å². The summed E-state index contributed by atoms with van der Waals surface area (Å²) in [6.07, 6.45) is 3.07. The third-order valence-corrected chi connectivity index (χ3v) is 6.85. The maximum atomic E-state index is 13.0. The second-order valence-corrected chi connectivity index (χ2v) is 8.92. The minimum absolute atomic E-state index is 0.0255. The fourth-order valence-corrected chi connectivity index (χ4v) is 4.98. The van der Waals surface area contributed by atoms with Gasteiger partial charge in [-0.1, -0.05) is 30.3 Å². The van der Waals surface area contributed by atoms with Gasteiger partial charge in [0.25, 0.3) is 0 Å². The quantitative estimate of drug-likeness (QED) is 0.763. The minimum Gasteiger partial charge on any atom is -0.480 e. The lowest BCUT2D eigenvalue weighted by molar-refractivity contribution is -0.137. The Morgan fingerprint density at radius 1 is 1.00 bits per heavy atom. The third-order valence-electron chi connectivity index (χ3n) is 6.85. The monoisotopic (exact) mass is 416 g/mol. The summed E-state index contributed by atoms with van der Waals surface area (Å²) in [5.74, 6) is -1.20. The van der Waals surface area contributed by atoms with Crippen molar-refractivity contribution in [1.82, 2.24) is 19.6 Å². The average Bonchev–Trinajstić information content (AvgIpc) is 2.94. The second kappa shape index (κ2) is 8.26. The zero-order chi connectivity index (χ0) is 22.1. The number of likely N-dealkylation sites (N-methyl/N-ethyl adjacent to an activating group) is 1. The molecule has 2 aliphatic rings. The van der Waals surface area contributed by atoms with Crippen LogP contribution < -0.4 is 0 Å². The van der Waals surface area contributed by atoms with Crippen LogP contribution in [0.1, 0.15) is 31.2 Å². The Morgan fingerprint density at radius 3 is 2.10 bits per heavy atom. The number of hydrogen-bond donors (Lipinski definition) is 1. The number of hydrogen-bond acceptors (Lipinski definition) is 4. The first-order valence-corrected chi connectivity index (χ1v) is 10.3. The summed E-state index contributed by atoms with van der Waals surface area (Å²) < 4.78 is 0. The van der Waals surface area contributed by atoms with Crippen molar-refractivity contribution in [1.29, 1.82) is 0 Å². The molecule has 3 rings (SSSR count). The van der Waals surface area contributed by atoms with Gasteiger partial charge in [0.2, 0.25) is 5.91 Å². The molecule has 8 heteroatoms. The van der Waals surface area contributed by atoms with E-state index in [4.69, 9.17) is 0 Å². The number of aliphatic carboxylic acids is 1. The van der Waals surface area contributed by atoms with Crippen molar-refractivity contribution in [3.8, 4) is 0 Å². The van der Waals surface area contributed by atoms with Crippen LogP contribution in [0.15, 0.2) is 30.3 Å². The van der Waals surface area contributed by atoms with Crippen molar-refractivity contribution in [2.24, 2.45) is 0 Å². The molecule has 164 valence electrons. The molecule has 1 spiro atoms. The van der Waals surface area contributed by atoms with E-state index in [0.717, 1.165) is 12.8 Å². The van der Waals surface area contributed by atoms with Crippen LogP contribution in [0, 0.1) is 0 Å². The van der Waals surface area contributed by atoms with Gasteiger partial charge in [-0.25, -0.2) is 4.79 Å². The molecule has 1 N–H and O–H groups in total. The molecule has 0 atom stereocenters. The van der Waals surface area contributed by atoms with Crippen LogP contribution in [0.2, 0.25) is 0 Å². The molecule has 0 unspecified atom stereocenters. The van der Waals surface area contributed by atoms with Crippen molar-refractivity contribution in [2.45, 2.75) is 36.8 Å².